The predicted molar refractivity (Wildman–Crippen MR) is 97.3 cm³/mol. The van der Waals surface area contributed by atoms with Gasteiger partial charge in [-0.1, -0.05) is 0 Å². The number of carbonyl (C=O) groups excluding carboxylic acids is 2. The number of carbonyl (C=O) groups is 2. The van der Waals surface area contributed by atoms with Gasteiger partial charge in [0.1, 0.15) is 11.6 Å². The van der Waals surface area contributed by atoms with E-state index in [0.29, 0.717) is 11.4 Å². The molecule has 0 saturated carbocycles. The normalized spacial score (nSPS) is 10.5. The lowest BCUT2D eigenvalue weighted by Crippen LogP contribution is -2.13. The standard InChI is InChI=1S/C19H16F2N4O2/c1-11(26)22-13-4-6-14(7-5-13)23-19(27)17-10-18(25(2)24-17)15-9-12(20)3-8-16(15)21/h3-10H,1-2H3,(H,22,26)(H,23,27). The van der Waals surface area contributed by atoms with E-state index in [4.69, 9.17) is 0 Å². The van der Waals surface area contributed by atoms with E-state index in [0.717, 1.165) is 18.2 Å². The van der Waals surface area contributed by atoms with Gasteiger partial charge >= 0.3 is 0 Å². The zero-order valence-corrected chi connectivity index (χ0v) is 14.6. The summed E-state index contributed by atoms with van der Waals surface area (Å²) in [5, 5.41) is 9.35. The molecular formula is C19H16F2N4O2. The molecule has 0 aliphatic carbocycles. The van der Waals surface area contributed by atoms with Crippen molar-refractivity contribution in [2.24, 2.45) is 7.05 Å². The summed E-state index contributed by atoms with van der Waals surface area (Å²) in [5.74, 6) is -1.89. The Labute approximate surface area is 153 Å². The first kappa shape index (κ1) is 18.2. The minimum atomic E-state index is -0.611. The topological polar surface area (TPSA) is 76.0 Å². The fourth-order valence-corrected chi connectivity index (χ4v) is 2.56. The Morgan fingerprint density at radius 2 is 1.59 bits per heavy atom. The summed E-state index contributed by atoms with van der Waals surface area (Å²) < 4.78 is 28.7. The van der Waals surface area contributed by atoms with Gasteiger partial charge in [-0.25, -0.2) is 8.78 Å². The summed E-state index contributed by atoms with van der Waals surface area (Å²) in [7, 11) is 1.54. The van der Waals surface area contributed by atoms with Crippen molar-refractivity contribution in [1.29, 1.82) is 0 Å². The SMILES string of the molecule is CC(=O)Nc1ccc(NC(=O)c2cc(-c3cc(F)ccc3F)n(C)n2)cc1. The Balaban J connectivity index is 1.80. The molecule has 0 unspecified atom stereocenters. The number of benzene rings is 2. The van der Waals surface area contributed by atoms with Crippen LogP contribution in [0, 0.1) is 11.6 Å². The number of hydrogen-bond donors (Lipinski definition) is 2. The van der Waals surface area contributed by atoms with Gasteiger partial charge in [-0.2, -0.15) is 5.10 Å². The summed E-state index contributed by atoms with van der Waals surface area (Å²) in [4.78, 5) is 23.4. The maximum Gasteiger partial charge on any atom is 0.276 e. The first-order valence-corrected chi connectivity index (χ1v) is 8.02. The molecule has 138 valence electrons. The minimum absolute atomic E-state index is 0.0173. The van der Waals surface area contributed by atoms with Crippen LogP contribution in [-0.2, 0) is 11.8 Å². The van der Waals surface area contributed by atoms with Crippen molar-refractivity contribution in [3.63, 3.8) is 0 Å². The van der Waals surface area contributed by atoms with Crippen LogP contribution in [0.2, 0.25) is 0 Å². The van der Waals surface area contributed by atoms with Crippen molar-refractivity contribution in [3.05, 3.63) is 65.9 Å². The molecule has 1 heterocycles. The molecule has 2 amide bonds. The fourth-order valence-electron chi connectivity index (χ4n) is 2.56. The van der Waals surface area contributed by atoms with Crippen molar-refractivity contribution in [1.82, 2.24) is 9.78 Å². The summed E-state index contributed by atoms with van der Waals surface area (Å²) >= 11 is 0. The third kappa shape index (κ3) is 4.17. The van der Waals surface area contributed by atoms with Gasteiger partial charge < -0.3 is 10.6 Å². The first-order chi connectivity index (χ1) is 12.8. The molecular weight excluding hydrogens is 354 g/mol. The molecule has 0 spiro atoms. The smallest absolute Gasteiger partial charge is 0.276 e. The largest absolute Gasteiger partial charge is 0.326 e. The van der Waals surface area contributed by atoms with Crippen LogP contribution in [0.25, 0.3) is 11.3 Å². The number of nitrogens with one attached hydrogen (secondary N) is 2. The summed E-state index contributed by atoms with van der Waals surface area (Å²) in [6.45, 7) is 1.40. The van der Waals surface area contributed by atoms with E-state index >= 15 is 0 Å². The lowest BCUT2D eigenvalue weighted by Gasteiger charge is -2.05. The van der Waals surface area contributed by atoms with Crippen LogP contribution >= 0.6 is 0 Å². The summed E-state index contributed by atoms with van der Waals surface area (Å²) in [6.07, 6.45) is 0. The van der Waals surface area contributed by atoms with E-state index in [2.05, 4.69) is 15.7 Å². The molecule has 0 aliphatic heterocycles. The lowest BCUT2D eigenvalue weighted by atomic mass is 10.1. The Morgan fingerprint density at radius 3 is 2.22 bits per heavy atom. The Bertz CT molecular complexity index is 1010. The zero-order chi connectivity index (χ0) is 19.6. The molecule has 2 N–H and O–H groups in total. The van der Waals surface area contributed by atoms with E-state index in [1.54, 1.807) is 31.3 Å². The van der Waals surface area contributed by atoms with E-state index in [1.165, 1.54) is 17.7 Å². The molecule has 27 heavy (non-hydrogen) atoms. The maximum absolute atomic E-state index is 14.0. The molecule has 0 radical (unpaired) electrons. The van der Waals surface area contributed by atoms with Gasteiger partial charge in [0.2, 0.25) is 5.91 Å². The average Bonchev–Trinajstić information content (AvgIpc) is 3.00. The third-order valence-electron chi connectivity index (χ3n) is 3.78. The van der Waals surface area contributed by atoms with Gasteiger partial charge in [0.25, 0.3) is 5.91 Å². The van der Waals surface area contributed by atoms with Crippen LogP contribution in [-0.4, -0.2) is 21.6 Å². The Morgan fingerprint density at radius 1 is 0.963 bits per heavy atom. The number of aromatic nitrogens is 2. The van der Waals surface area contributed by atoms with Gasteiger partial charge in [-0.05, 0) is 48.5 Å². The predicted octanol–water partition coefficient (Wildman–Crippen LogP) is 3.58. The molecule has 3 rings (SSSR count). The van der Waals surface area contributed by atoms with Gasteiger partial charge in [0, 0.05) is 30.9 Å². The molecule has 3 aromatic rings. The maximum atomic E-state index is 14.0. The zero-order valence-electron chi connectivity index (χ0n) is 14.6. The van der Waals surface area contributed by atoms with Crippen molar-refractivity contribution < 1.29 is 18.4 Å². The van der Waals surface area contributed by atoms with Crippen LogP contribution in [0.5, 0.6) is 0 Å². The highest BCUT2D eigenvalue weighted by atomic mass is 19.1. The van der Waals surface area contributed by atoms with Gasteiger partial charge in [0.05, 0.1) is 5.69 Å². The second kappa shape index (κ2) is 7.36. The highest BCUT2D eigenvalue weighted by Gasteiger charge is 2.17. The molecule has 1 aromatic heterocycles. The van der Waals surface area contributed by atoms with E-state index < -0.39 is 17.5 Å². The van der Waals surface area contributed by atoms with Crippen molar-refractivity contribution in [2.45, 2.75) is 6.92 Å². The van der Waals surface area contributed by atoms with Crippen molar-refractivity contribution in [3.8, 4) is 11.3 Å². The van der Waals surface area contributed by atoms with Gasteiger partial charge in [0.15, 0.2) is 5.69 Å². The minimum Gasteiger partial charge on any atom is -0.326 e. The van der Waals surface area contributed by atoms with Crippen LogP contribution in [0.3, 0.4) is 0 Å². The van der Waals surface area contributed by atoms with Crippen molar-refractivity contribution in [2.75, 3.05) is 10.6 Å². The molecule has 0 bridgehead atoms. The highest BCUT2D eigenvalue weighted by Crippen LogP contribution is 2.24. The number of rotatable bonds is 4. The van der Waals surface area contributed by atoms with Gasteiger partial charge in [-0.15, -0.1) is 0 Å². The second-order valence-corrected chi connectivity index (χ2v) is 5.88. The second-order valence-electron chi connectivity index (χ2n) is 5.88. The van der Waals surface area contributed by atoms with Crippen LogP contribution in [0.15, 0.2) is 48.5 Å². The third-order valence-corrected chi connectivity index (χ3v) is 3.78. The molecule has 0 saturated heterocycles. The number of amides is 2. The summed E-state index contributed by atoms with van der Waals surface area (Å²) in [5.41, 5.74) is 1.45. The first-order valence-electron chi connectivity index (χ1n) is 8.02. The van der Waals surface area contributed by atoms with E-state index in [9.17, 15) is 18.4 Å². The monoisotopic (exact) mass is 370 g/mol. The molecule has 6 nitrogen and oxygen atoms in total. The molecule has 0 fully saturated rings. The quantitative estimate of drug-likeness (QED) is 0.737. The summed E-state index contributed by atoms with van der Waals surface area (Å²) in [6, 6.07) is 11.0. The molecule has 8 heteroatoms. The van der Waals surface area contributed by atoms with E-state index in [1.807, 2.05) is 0 Å². The number of aryl methyl sites for hydroxylation is 1. The highest BCUT2D eigenvalue weighted by molar-refractivity contribution is 6.03. The molecule has 0 atom stereocenters. The van der Waals surface area contributed by atoms with E-state index in [-0.39, 0.29) is 22.9 Å². The van der Waals surface area contributed by atoms with Crippen molar-refractivity contribution >= 4 is 23.2 Å². The Kier molecular flexibility index (Phi) is 4.98. The number of halogens is 2. The number of hydrogen-bond acceptors (Lipinski definition) is 3. The van der Waals surface area contributed by atoms with Crippen LogP contribution in [0.1, 0.15) is 17.4 Å². The van der Waals surface area contributed by atoms with Crippen LogP contribution < -0.4 is 10.6 Å². The number of anilines is 2. The van der Waals surface area contributed by atoms with Gasteiger partial charge in [-0.3, -0.25) is 14.3 Å². The lowest BCUT2D eigenvalue weighted by molar-refractivity contribution is -0.114. The van der Waals surface area contributed by atoms with Crippen LogP contribution in [0.4, 0.5) is 20.2 Å². The fraction of sp³-hybridized carbons (Fsp3) is 0.105. The molecule has 0 aliphatic rings. The number of nitrogens with zero attached hydrogens (tertiary/aromatic N) is 2. The average molecular weight is 370 g/mol. The Hall–Kier alpha value is -3.55. The molecule has 2 aromatic carbocycles.